The van der Waals surface area contributed by atoms with Crippen molar-refractivity contribution in [2.45, 2.75) is 17.5 Å². The molecule has 3 aromatic rings. The van der Waals surface area contributed by atoms with Gasteiger partial charge in [-0.25, -0.2) is 13.2 Å². The van der Waals surface area contributed by atoms with Crippen molar-refractivity contribution in [3.8, 4) is 0 Å². The van der Waals surface area contributed by atoms with Crippen LogP contribution in [0, 0.1) is 0 Å². The van der Waals surface area contributed by atoms with Crippen LogP contribution in [0.2, 0.25) is 5.02 Å². The molecule has 3 rings (SSSR count). The van der Waals surface area contributed by atoms with Crippen LogP contribution in [0.25, 0.3) is 0 Å². The predicted molar refractivity (Wildman–Crippen MR) is 120 cm³/mol. The van der Waals surface area contributed by atoms with Gasteiger partial charge < -0.3 is 10.5 Å². The maximum Gasteiger partial charge on any atom is 0.337 e. The summed E-state index contributed by atoms with van der Waals surface area (Å²) in [6, 6.07) is 19.1. The zero-order chi connectivity index (χ0) is 23.3. The monoisotopic (exact) mass is 472 g/mol. The van der Waals surface area contributed by atoms with Crippen molar-refractivity contribution in [3.63, 3.8) is 0 Å². The molecule has 0 saturated carbocycles. The van der Waals surface area contributed by atoms with Crippen LogP contribution in [0.5, 0.6) is 0 Å². The van der Waals surface area contributed by atoms with Crippen molar-refractivity contribution in [1.29, 1.82) is 0 Å². The second kappa shape index (κ2) is 9.95. The van der Waals surface area contributed by atoms with Crippen molar-refractivity contribution < 1.29 is 22.7 Å². The Kier molecular flexibility index (Phi) is 7.29. The summed E-state index contributed by atoms with van der Waals surface area (Å²) in [6.45, 7) is -0.158. The molecule has 0 heterocycles. The first-order valence-electron chi connectivity index (χ1n) is 9.53. The quantitative estimate of drug-likeness (QED) is 0.504. The van der Waals surface area contributed by atoms with Gasteiger partial charge in [-0.05, 0) is 47.5 Å². The highest BCUT2D eigenvalue weighted by atomic mass is 35.5. The SMILES string of the molecule is COC(=O)c1ccc(CN([C@@H](C(N)=O)c2ccccc2)S(=O)(=O)c2ccc(Cl)cc2)cc1. The van der Waals surface area contributed by atoms with Gasteiger partial charge >= 0.3 is 5.97 Å². The maximum absolute atomic E-state index is 13.6. The minimum Gasteiger partial charge on any atom is -0.465 e. The number of benzene rings is 3. The summed E-state index contributed by atoms with van der Waals surface area (Å²) in [5.74, 6) is -1.33. The average Bonchev–Trinajstić information content (AvgIpc) is 2.79. The van der Waals surface area contributed by atoms with E-state index in [9.17, 15) is 18.0 Å². The molecule has 0 spiro atoms. The Hall–Kier alpha value is -3.20. The summed E-state index contributed by atoms with van der Waals surface area (Å²) >= 11 is 5.91. The number of carbonyl (C=O) groups is 2. The average molecular weight is 473 g/mol. The molecule has 1 amide bonds. The molecule has 0 aliphatic heterocycles. The second-order valence-electron chi connectivity index (χ2n) is 6.91. The Bertz CT molecular complexity index is 1200. The van der Waals surface area contributed by atoms with E-state index in [1.807, 2.05) is 0 Å². The van der Waals surface area contributed by atoms with E-state index in [0.717, 1.165) is 4.31 Å². The van der Waals surface area contributed by atoms with Gasteiger partial charge in [-0.1, -0.05) is 54.1 Å². The Morgan fingerprint density at radius 3 is 2.09 bits per heavy atom. The maximum atomic E-state index is 13.6. The van der Waals surface area contributed by atoms with Crippen LogP contribution >= 0.6 is 11.6 Å². The van der Waals surface area contributed by atoms with Gasteiger partial charge in [0.05, 0.1) is 17.6 Å². The molecule has 3 aromatic carbocycles. The third-order valence-electron chi connectivity index (χ3n) is 4.81. The molecule has 7 nitrogen and oxygen atoms in total. The van der Waals surface area contributed by atoms with E-state index in [0.29, 0.717) is 21.7 Å². The fourth-order valence-corrected chi connectivity index (χ4v) is 4.91. The topological polar surface area (TPSA) is 107 Å². The molecule has 0 saturated heterocycles. The van der Waals surface area contributed by atoms with Crippen LogP contribution in [0.4, 0.5) is 0 Å². The molecule has 2 N–H and O–H groups in total. The Morgan fingerprint density at radius 1 is 0.969 bits per heavy atom. The number of esters is 1. The van der Waals surface area contributed by atoms with Crippen molar-refractivity contribution in [2.75, 3.05) is 7.11 Å². The number of carbonyl (C=O) groups excluding carboxylic acids is 2. The van der Waals surface area contributed by atoms with E-state index in [4.69, 9.17) is 17.3 Å². The number of ether oxygens (including phenoxy) is 1. The summed E-state index contributed by atoms with van der Waals surface area (Å²) < 4.78 is 32.9. The number of methoxy groups -OCH3 is 1. The minimum atomic E-state index is -4.16. The molecular weight excluding hydrogens is 452 g/mol. The summed E-state index contributed by atoms with van der Waals surface area (Å²) in [5, 5.41) is 0.378. The first kappa shape index (κ1) is 23.5. The minimum absolute atomic E-state index is 0.0322. The zero-order valence-corrected chi connectivity index (χ0v) is 18.7. The number of hydrogen-bond acceptors (Lipinski definition) is 5. The van der Waals surface area contributed by atoms with Gasteiger partial charge in [0.1, 0.15) is 6.04 Å². The number of rotatable bonds is 8. The van der Waals surface area contributed by atoms with E-state index in [1.54, 1.807) is 42.5 Å². The lowest BCUT2D eigenvalue weighted by Crippen LogP contribution is -2.41. The number of halogens is 1. The zero-order valence-electron chi connectivity index (χ0n) is 17.1. The first-order valence-corrected chi connectivity index (χ1v) is 11.3. The van der Waals surface area contributed by atoms with Gasteiger partial charge in [-0.15, -0.1) is 0 Å². The van der Waals surface area contributed by atoms with Crippen LogP contribution in [0.3, 0.4) is 0 Å². The molecule has 1 atom stereocenters. The highest BCUT2D eigenvalue weighted by Crippen LogP contribution is 2.30. The van der Waals surface area contributed by atoms with Crippen molar-refractivity contribution >= 4 is 33.5 Å². The molecule has 0 aliphatic carbocycles. The number of amides is 1. The largest absolute Gasteiger partial charge is 0.465 e. The molecule has 0 unspecified atom stereocenters. The van der Waals surface area contributed by atoms with Crippen LogP contribution in [-0.2, 0) is 26.1 Å². The van der Waals surface area contributed by atoms with E-state index >= 15 is 0 Å². The molecule has 32 heavy (non-hydrogen) atoms. The molecule has 166 valence electrons. The van der Waals surface area contributed by atoms with Gasteiger partial charge in [0.25, 0.3) is 0 Å². The van der Waals surface area contributed by atoms with Crippen molar-refractivity contribution in [3.05, 3.63) is 101 Å². The smallest absolute Gasteiger partial charge is 0.337 e. The third-order valence-corrected chi connectivity index (χ3v) is 6.88. The third kappa shape index (κ3) is 5.16. The van der Waals surface area contributed by atoms with Gasteiger partial charge in [0.15, 0.2) is 0 Å². The van der Waals surface area contributed by atoms with E-state index in [1.165, 1.54) is 43.5 Å². The number of nitrogens with zero attached hydrogens (tertiary/aromatic N) is 1. The predicted octanol–water partition coefficient (Wildman–Crippen LogP) is 3.54. The summed E-state index contributed by atoms with van der Waals surface area (Å²) in [4.78, 5) is 24.1. The van der Waals surface area contributed by atoms with E-state index < -0.39 is 27.9 Å². The fourth-order valence-electron chi connectivity index (χ4n) is 3.21. The Labute approximate surface area is 191 Å². The standard InChI is InChI=1S/C23H21ClN2O5S/c1-31-23(28)18-9-7-16(8-10-18)15-26(21(22(25)27)17-5-3-2-4-6-17)32(29,30)20-13-11-19(24)12-14-20/h2-14,21H,15H2,1H3,(H2,25,27)/t21-/m1/s1. The highest BCUT2D eigenvalue weighted by Gasteiger charge is 2.36. The first-order chi connectivity index (χ1) is 15.2. The van der Waals surface area contributed by atoms with Crippen LogP contribution in [0.15, 0.2) is 83.8 Å². The fraction of sp³-hybridized carbons (Fsp3) is 0.130. The van der Waals surface area contributed by atoms with Gasteiger partial charge in [0, 0.05) is 11.6 Å². The summed E-state index contributed by atoms with van der Waals surface area (Å²) in [5.41, 5.74) is 6.98. The normalized spacial score (nSPS) is 12.3. The summed E-state index contributed by atoms with van der Waals surface area (Å²) in [7, 11) is -2.89. The van der Waals surface area contributed by atoms with Gasteiger partial charge in [-0.3, -0.25) is 4.79 Å². The lowest BCUT2D eigenvalue weighted by molar-refractivity contribution is -0.122. The molecule has 0 aromatic heterocycles. The molecular formula is C23H21ClN2O5S. The second-order valence-corrected chi connectivity index (χ2v) is 9.24. The van der Waals surface area contributed by atoms with Crippen LogP contribution in [0.1, 0.15) is 27.5 Å². The van der Waals surface area contributed by atoms with Crippen molar-refractivity contribution in [1.82, 2.24) is 4.31 Å². The molecule has 9 heteroatoms. The Balaban J connectivity index is 2.09. The van der Waals surface area contributed by atoms with Gasteiger partial charge in [0.2, 0.25) is 15.9 Å². The highest BCUT2D eigenvalue weighted by molar-refractivity contribution is 7.89. The number of primary amides is 1. The lowest BCUT2D eigenvalue weighted by Gasteiger charge is -2.29. The molecule has 0 radical (unpaired) electrons. The van der Waals surface area contributed by atoms with Crippen LogP contribution in [-0.4, -0.2) is 31.7 Å². The Morgan fingerprint density at radius 2 is 1.56 bits per heavy atom. The van der Waals surface area contributed by atoms with Gasteiger partial charge in [-0.2, -0.15) is 4.31 Å². The van der Waals surface area contributed by atoms with E-state index in [-0.39, 0.29) is 11.4 Å². The summed E-state index contributed by atoms with van der Waals surface area (Å²) in [6.07, 6.45) is 0. The van der Waals surface area contributed by atoms with Crippen molar-refractivity contribution in [2.24, 2.45) is 5.73 Å². The van der Waals surface area contributed by atoms with Crippen LogP contribution < -0.4 is 5.73 Å². The number of hydrogen-bond donors (Lipinski definition) is 1. The number of nitrogens with two attached hydrogens (primary N) is 1. The molecule has 0 bridgehead atoms. The molecule has 0 fully saturated rings. The lowest BCUT2D eigenvalue weighted by atomic mass is 10.1. The van der Waals surface area contributed by atoms with E-state index in [2.05, 4.69) is 4.74 Å². The number of sulfonamides is 1. The molecule has 0 aliphatic rings.